The Bertz CT molecular complexity index is 833. The van der Waals surface area contributed by atoms with Gasteiger partial charge >= 0.3 is 5.97 Å². The molecule has 2 aromatic rings. The average Bonchev–Trinajstić information content (AvgIpc) is 3.37. The zero-order valence-corrected chi connectivity index (χ0v) is 15.2. The number of carbonyl (C=O) groups is 2. The van der Waals surface area contributed by atoms with Gasteiger partial charge in [0.05, 0.1) is 13.2 Å². The lowest BCUT2D eigenvalue weighted by Crippen LogP contribution is -2.41. The van der Waals surface area contributed by atoms with Crippen LogP contribution in [0.1, 0.15) is 34.3 Å². The van der Waals surface area contributed by atoms with E-state index in [9.17, 15) is 9.59 Å². The van der Waals surface area contributed by atoms with E-state index in [4.69, 9.17) is 9.47 Å². The average molecular weight is 365 g/mol. The van der Waals surface area contributed by atoms with E-state index in [-0.39, 0.29) is 11.9 Å². The molecule has 27 heavy (non-hydrogen) atoms. The maximum Gasteiger partial charge on any atom is 0.328 e. The lowest BCUT2D eigenvalue weighted by molar-refractivity contribution is -0.148. The largest absolute Gasteiger partial charge is 0.493 e. The third-order valence-electron chi connectivity index (χ3n) is 5.20. The maximum absolute atomic E-state index is 12.7. The van der Waals surface area contributed by atoms with Gasteiger partial charge < -0.3 is 14.4 Å². The monoisotopic (exact) mass is 365 g/mol. The fourth-order valence-corrected chi connectivity index (χ4v) is 3.76. The molecule has 5 nitrogen and oxygen atoms in total. The smallest absolute Gasteiger partial charge is 0.328 e. The lowest BCUT2D eigenvalue weighted by Gasteiger charge is -2.23. The zero-order valence-electron chi connectivity index (χ0n) is 15.2. The van der Waals surface area contributed by atoms with Crippen LogP contribution in [0.2, 0.25) is 0 Å². The van der Waals surface area contributed by atoms with E-state index < -0.39 is 6.04 Å². The van der Waals surface area contributed by atoms with Crippen molar-refractivity contribution in [2.75, 3.05) is 19.8 Å². The highest BCUT2D eigenvalue weighted by atomic mass is 16.5. The maximum atomic E-state index is 12.7. The molecule has 0 aliphatic carbocycles. The van der Waals surface area contributed by atoms with Gasteiger partial charge in [-0.1, -0.05) is 30.3 Å². The molecule has 0 spiro atoms. The fourth-order valence-electron chi connectivity index (χ4n) is 3.76. The molecule has 0 saturated carbocycles. The van der Waals surface area contributed by atoms with E-state index in [0.29, 0.717) is 31.6 Å². The molecular weight excluding hydrogens is 342 g/mol. The number of ether oxygens (including phenoxy) is 2. The Balaban J connectivity index is 1.33. The molecule has 5 heteroatoms. The Kier molecular flexibility index (Phi) is 5.10. The summed E-state index contributed by atoms with van der Waals surface area (Å²) >= 11 is 0. The van der Waals surface area contributed by atoms with Crippen molar-refractivity contribution in [2.24, 2.45) is 0 Å². The Morgan fingerprint density at radius 1 is 1.15 bits per heavy atom. The van der Waals surface area contributed by atoms with E-state index >= 15 is 0 Å². The van der Waals surface area contributed by atoms with Crippen LogP contribution in [-0.4, -0.2) is 42.6 Å². The van der Waals surface area contributed by atoms with Crippen LogP contribution in [0, 0.1) is 0 Å². The molecule has 0 radical (unpaired) electrons. The van der Waals surface area contributed by atoms with Gasteiger partial charge in [0.2, 0.25) is 0 Å². The molecule has 140 valence electrons. The molecule has 1 saturated heterocycles. The first kappa shape index (κ1) is 17.6. The Morgan fingerprint density at radius 3 is 2.85 bits per heavy atom. The van der Waals surface area contributed by atoms with E-state index in [1.54, 1.807) is 17.0 Å². The molecule has 0 N–H and O–H groups in total. The van der Waals surface area contributed by atoms with Gasteiger partial charge in [-0.25, -0.2) is 4.79 Å². The van der Waals surface area contributed by atoms with Gasteiger partial charge in [-0.2, -0.15) is 0 Å². The number of rotatable bonds is 5. The van der Waals surface area contributed by atoms with Crippen LogP contribution in [0.25, 0.3) is 0 Å². The van der Waals surface area contributed by atoms with Crippen molar-refractivity contribution in [2.45, 2.75) is 31.7 Å². The van der Waals surface area contributed by atoms with Gasteiger partial charge in [-0.15, -0.1) is 0 Å². The summed E-state index contributed by atoms with van der Waals surface area (Å²) in [7, 11) is 0. The second-order valence-electron chi connectivity index (χ2n) is 6.98. The number of fused-ring (bicyclic) bond motifs is 1. The van der Waals surface area contributed by atoms with E-state index in [0.717, 1.165) is 30.8 Å². The summed E-state index contributed by atoms with van der Waals surface area (Å²) in [6, 6.07) is 14.7. The van der Waals surface area contributed by atoms with Crippen LogP contribution >= 0.6 is 0 Å². The molecule has 0 aromatic heterocycles. The van der Waals surface area contributed by atoms with Crippen LogP contribution in [0.5, 0.6) is 5.75 Å². The van der Waals surface area contributed by atoms with Gasteiger partial charge in [0.15, 0.2) is 0 Å². The minimum Gasteiger partial charge on any atom is -0.493 e. The first-order valence-corrected chi connectivity index (χ1v) is 9.49. The standard InChI is InChI=1S/C22H23NO4/c24-21(17-5-2-1-3-6-17)23-12-4-7-19(23)22(25)27-13-10-16-8-9-20-18(15-16)11-14-26-20/h1-3,5-6,8-9,15,19H,4,7,10-14H2/t19-/m1/s1. The Hall–Kier alpha value is -2.82. The van der Waals surface area contributed by atoms with Crippen molar-refractivity contribution in [3.8, 4) is 5.75 Å². The first-order valence-electron chi connectivity index (χ1n) is 9.49. The van der Waals surface area contributed by atoms with Crippen molar-refractivity contribution in [1.82, 2.24) is 4.90 Å². The number of esters is 1. The zero-order chi connectivity index (χ0) is 18.6. The predicted octanol–water partition coefficient (Wildman–Crippen LogP) is 3.01. The van der Waals surface area contributed by atoms with Crippen LogP contribution in [0.15, 0.2) is 48.5 Å². The number of carbonyl (C=O) groups excluding carboxylic acids is 2. The number of hydrogen-bond acceptors (Lipinski definition) is 4. The van der Waals surface area contributed by atoms with Gasteiger partial charge in [0.25, 0.3) is 5.91 Å². The van der Waals surface area contributed by atoms with Gasteiger partial charge in [-0.05, 0) is 42.2 Å². The topological polar surface area (TPSA) is 55.8 Å². The normalized spacial score (nSPS) is 18.1. The third kappa shape index (κ3) is 3.82. The van der Waals surface area contributed by atoms with Gasteiger partial charge in [-0.3, -0.25) is 4.79 Å². The fraction of sp³-hybridized carbons (Fsp3) is 0.364. The molecule has 2 aromatic carbocycles. The molecule has 1 atom stereocenters. The number of hydrogen-bond donors (Lipinski definition) is 0. The minimum atomic E-state index is -0.480. The highest BCUT2D eigenvalue weighted by Crippen LogP contribution is 2.26. The molecule has 0 unspecified atom stereocenters. The second-order valence-corrected chi connectivity index (χ2v) is 6.98. The van der Waals surface area contributed by atoms with Crippen molar-refractivity contribution < 1.29 is 19.1 Å². The highest BCUT2D eigenvalue weighted by molar-refractivity contribution is 5.97. The predicted molar refractivity (Wildman–Crippen MR) is 101 cm³/mol. The quantitative estimate of drug-likeness (QED) is 0.765. The summed E-state index contributed by atoms with van der Waals surface area (Å²) in [5, 5.41) is 0. The summed E-state index contributed by atoms with van der Waals surface area (Å²) in [6.07, 6.45) is 3.08. The Morgan fingerprint density at radius 2 is 2.00 bits per heavy atom. The number of nitrogens with zero attached hydrogens (tertiary/aromatic N) is 1. The highest BCUT2D eigenvalue weighted by Gasteiger charge is 2.35. The molecule has 2 aliphatic heterocycles. The summed E-state index contributed by atoms with van der Waals surface area (Å²) in [5.74, 6) is 0.548. The molecular formula is C22H23NO4. The van der Waals surface area contributed by atoms with Crippen LogP contribution in [0.4, 0.5) is 0 Å². The number of benzene rings is 2. The lowest BCUT2D eigenvalue weighted by atomic mass is 10.1. The molecule has 1 amide bonds. The third-order valence-corrected chi connectivity index (χ3v) is 5.20. The van der Waals surface area contributed by atoms with Crippen LogP contribution in [-0.2, 0) is 22.4 Å². The minimum absolute atomic E-state index is 0.103. The second kappa shape index (κ2) is 7.82. The summed E-state index contributed by atoms with van der Waals surface area (Å²) in [4.78, 5) is 26.8. The van der Waals surface area contributed by atoms with Crippen molar-refractivity contribution >= 4 is 11.9 Å². The summed E-state index contributed by atoms with van der Waals surface area (Å²) in [5.41, 5.74) is 2.96. The van der Waals surface area contributed by atoms with Crippen LogP contribution in [0.3, 0.4) is 0 Å². The number of likely N-dealkylation sites (tertiary alicyclic amines) is 1. The molecule has 2 heterocycles. The van der Waals surface area contributed by atoms with E-state index in [1.165, 1.54) is 5.56 Å². The molecule has 4 rings (SSSR count). The summed E-state index contributed by atoms with van der Waals surface area (Å²) < 4.78 is 11.0. The van der Waals surface area contributed by atoms with Gasteiger partial charge in [0.1, 0.15) is 11.8 Å². The van der Waals surface area contributed by atoms with E-state index in [2.05, 4.69) is 6.07 Å². The van der Waals surface area contributed by atoms with Crippen LogP contribution < -0.4 is 4.74 Å². The summed E-state index contributed by atoms with van der Waals surface area (Å²) in [6.45, 7) is 1.65. The Labute approximate surface area is 158 Å². The number of amides is 1. The van der Waals surface area contributed by atoms with Crippen molar-refractivity contribution in [1.29, 1.82) is 0 Å². The molecule has 1 fully saturated rings. The van der Waals surface area contributed by atoms with Crippen molar-refractivity contribution in [3.05, 3.63) is 65.2 Å². The van der Waals surface area contributed by atoms with Gasteiger partial charge in [0, 0.05) is 24.9 Å². The van der Waals surface area contributed by atoms with Crippen molar-refractivity contribution in [3.63, 3.8) is 0 Å². The molecule has 2 aliphatic rings. The van der Waals surface area contributed by atoms with E-state index in [1.807, 2.05) is 30.3 Å². The SMILES string of the molecule is O=C(OCCc1ccc2c(c1)CCO2)[C@H]1CCCN1C(=O)c1ccccc1. The first-order chi connectivity index (χ1) is 13.2. The molecule has 0 bridgehead atoms.